The molecule has 11 heteroatoms. The molecule has 0 unspecified atom stereocenters. The summed E-state index contributed by atoms with van der Waals surface area (Å²) in [6.45, 7) is 6.02. The van der Waals surface area contributed by atoms with E-state index in [0.29, 0.717) is 45.1 Å². The van der Waals surface area contributed by atoms with Gasteiger partial charge < -0.3 is 31.9 Å². The van der Waals surface area contributed by atoms with E-state index in [1.54, 1.807) is 11.8 Å². The van der Waals surface area contributed by atoms with Gasteiger partial charge in [-0.1, -0.05) is 27.2 Å². The number of aliphatic hydroxyl groups excluding tert-OH is 1. The lowest BCUT2D eigenvalue weighted by atomic mass is 10.0. The minimum Gasteiger partial charge on any atom is -0.366 e. The van der Waals surface area contributed by atoms with Gasteiger partial charge in [0.25, 0.3) is 0 Å². The molecule has 0 aromatic carbocycles. The lowest BCUT2D eigenvalue weighted by Gasteiger charge is -2.26. The first-order chi connectivity index (χ1) is 17.0. The molecular formula is C25H48N4O6S. The van der Waals surface area contributed by atoms with E-state index >= 15 is 0 Å². The second-order valence-electron chi connectivity index (χ2n) is 9.48. The molecule has 7 N–H and O–H groups in total. The topological polar surface area (TPSA) is 171 Å². The van der Waals surface area contributed by atoms with Crippen LogP contribution in [0.4, 0.5) is 0 Å². The van der Waals surface area contributed by atoms with Gasteiger partial charge in [0.05, 0.1) is 12.1 Å². The lowest BCUT2D eigenvalue weighted by molar-refractivity contribution is -0.133. The maximum absolute atomic E-state index is 12.7. The number of hydrogen-bond donors (Lipinski definition) is 6. The third-order valence-electron chi connectivity index (χ3n) is 5.84. The van der Waals surface area contributed by atoms with Gasteiger partial charge in [-0.05, 0) is 56.5 Å². The summed E-state index contributed by atoms with van der Waals surface area (Å²) >= 11 is 1.65. The van der Waals surface area contributed by atoms with Crippen molar-refractivity contribution >= 4 is 35.3 Å². The van der Waals surface area contributed by atoms with Gasteiger partial charge >= 0.3 is 0 Å². The molecule has 0 heterocycles. The molecule has 0 rings (SSSR count). The van der Waals surface area contributed by atoms with Crippen molar-refractivity contribution in [2.24, 2.45) is 11.7 Å². The van der Waals surface area contributed by atoms with E-state index in [4.69, 9.17) is 5.73 Å². The minimum absolute atomic E-state index is 0.0184. The number of rotatable bonds is 21. The predicted octanol–water partition coefficient (Wildman–Crippen LogP) is 1.22. The van der Waals surface area contributed by atoms with E-state index in [2.05, 4.69) is 16.0 Å². The van der Waals surface area contributed by atoms with Crippen LogP contribution < -0.4 is 21.7 Å². The van der Waals surface area contributed by atoms with E-state index in [1.807, 2.05) is 27.0 Å². The van der Waals surface area contributed by atoms with E-state index in [0.717, 1.165) is 25.0 Å². The Morgan fingerprint density at radius 1 is 0.889 bits per heavy atom. The van der Waals surface area contributed by atoms with Crippen LogP contribution in [0, 0.1) is 5.92 Å². The molecule has 0 aliphatic heterocycles. The highest BCUT2D eigenvalue weighted by molar-refractivity contribution is 7.98. The van der Waals surface area contributed by atoms with Crippen LogP contribution >= 0.6 is 11.8 Å². The Labute approximate surface area is 220 Å². The zero-order chi connectivity index (χ0) is 27.5. The quantitative estimate of drug-likeness (QED) is 0.0946. The molecule has 3 amide bonds. The number of carbonyl (C=O) groups is 4. The number of aliphatic hydroxyl groups is 2. The summed E-state index contributed by atoms with van der Waals surface area (Å²) < 4.78 is 0. The highest BCUT2D eigenvalue weighted by Gasteiger charge is 2.28. The van der Waals surface area contributed by atoms with Crippen molar-refractivity contribution in [3.8, 4) is 0 Å². The first-order valence-corrected chi connectivity index (χ1v) is 14.4. The number of nitrogens with one attached hydrogen (secondary N) is 3. The Morgan fingerprint density at radius 2 is 1.58 bits per heavy atom. The van der Waals surface area contributed by atoms with Gasteiger partial charge in [-0.25, -0.2) is 0 Å². The van der Waals surface area contributed by atoms with Crippen LogP contribution in [-0.2, 0) is 19.2 Å². The van der Waals surface area contributed by atoms with E-state index in [1.165, 1.54) is 0 Å². The van der Waals surface area contributed by atoms with Crippen LogP contribution in [0.25, 0.3) is 0 Å². The third kappa shape index (κ3) is 16.1. The molecule has 0 spiro atoms. The van der Waals surface area contributed by atoms with Crippen molar-refractivity contribution in [2.75, 3.05) is 18.6 Å². The molecular weight excluding hydrogens is 484 g/mol. The first kappa shape index (κ1) is 34.3. The van der Waals surface area contributed by atoms with Crippen LogP contribution in [0.5, 0.6) is 0 Å². The Morgan fingerprint density at radius 3 is 2.17 bits per heavy atom. The Kier molecular flexibility index (Phi) is 19.4. The lowest BCUT2D eigenvalue weighted by Crippen LogP contribution is -2.54. The summed E-state index contributed by atoms with van der Waals surface area (Å²) in [4.78, 5) is 48.7. The van der Waals surface area contributed by atoms with Gasteiger partial charge in [-0.15, -0.1) is 0 Å². The van der Waals surface area contributed by atoms with Crippen LogP contribution in [0.1, 0.15) is 85.0 Å². The summed E-state index contributed by atoms with van der Waals surface area (Å²) in [6.07, 6.45) is 5.31. The van der Waals surface area contributed by atoms with Crippen molar-refractivity contribution in [3.05, 3.63) is 0 Å². The fraction of sp³-hybridized carbons (Fsp3) is 0.840. The highest BCUT2D eigenvalue weighted by atomic mass is 32.2. The number of nitrogens with two attached hydrogens (primary N) is 1. The van der Waals surface area contributed by atoms with Crippen molar-refractivity contribution in [3.63, 3.8) is 0 Å². The maximum Gasteiger partial charge on any atom is 0.243 e. The second kappa shape index (κ2) is 20.4. The Balaban J connectivity index is 4.41. The number of hydrogen-bond acceptors (Lipinski definition) is 8. The van der Waals surface area contributed by atoms with E-state index in [9.17, 15) is 29.4 Å². The number of amides is 3. The molecule has 3 atom stereocenters. The Bertz CT molecular complexity index is 662. The summed E-state index contributed by atoms with van der Waals surface area (Å²) in [5.74, 6) is -0.182. The largest absolute Gasteiger partial charge is 0.366 e. The van der Waals surface area contributed by atoms with Crippen LogP contribution in [0.15, 0.2) is 0 Å². The standard InChI is InChI=1S/C25H48N4O6S/c1-5-6-11-20(30)18(26)13-14-21(31)27-15-8-7-10-19(25(34)35)28-24(33)23(17(2)3)29-22(32)12-9-16-36-4/h17-19,23,25,34-35H,5-16,26H2,1-4H3,(H,27,31)(H,28,33)(H,29,32)/t18-,19-,23-/m0/s1. The monoisotopic (exact) mass is 532 g/mol. The van der Waals surface area contributed by atoms with E-state index < -0.39 is 30.3 Å². The smallest absolute Gasteiger partial charge is 0.243 e. The number of ketones is 1. The van der Waals surface area contributed by atoms with Crippen molar-refractivity contribution < 1.29 is 29.4 Å². The average molecular weight is 533 g/mol. The van der Waals surface area contributed by atoms with Crippen molar-refractivity contribution in [1.82, 2.24) is 16.0 Å². The van der Waals surface area contributed by atoms with Crippen molar-refractivity contribution in [2.45, 2.75) is 109 Å². The molecule has 10 nitrogen and oxygen atoms in total. The summed E-state index contributed by atoms with van der Waals surface area (Å²) in [7, 11) is 0. The number of unbranched alkanes of at least 4 members (excludes halogenated alkanes) is 2. The van der Waals surface area contributed by atoms with Crippen LogP contribution in [-0.4, -0.2) is 76.7 Å². The molecule has 0 aromatic heterocycles. The number of carbonyl (C=O) groups excluding carboxylic acids is 4. The van der Waals surface area contributed by atoms with Gasteiger partial charge in [0.15, 0.2) is 6.29 Å². The van der Waals surface area contributed by atoms with E-state index in [-0.39, 0.29) is 29.9 Å². The summed E-state index contributed by atoms with van der Waals surface area (Å²) in [5, 5.41) is 27.6. The van der Waals surface area contributed by atoms with Gasteiger partial charge in [-0.3, -0.25) is 19.2 Å². The minimum atomic E-state index is -1.75. The first-order valence-electron chi connectivity index (χ1n) is 13.0. The normalized spacial score (nSPS) is 13.8. The summed E-state index contributed by atoms with van der Waals surface area (Å²) in [6, 6.07) is -2.28. The van der Waals surface area contributed by atoms with Gasteiger partial charge in [0, 0.05) is 25.8 Å². The number of thioether (sulfide) groups is 1. The summed E-state index contributed by atoms with van der Waals surface area (Å²) in [5.41, 5.74) is 5.84. The SMILES string of the molecule is CCCCC(=O)[C@@H](N)CCC(=O)NCCCC[C@H](NC(=O)[C@@H](NC(=O)CCCSC)C(C)C)C(O)O. The fourth-order valence-corrected chi connectivity index (χ4v) is 3.95. The van der Waals surface area contributed by atoms with Crippen LogP contribution in [0.3, 0.4) is 0 Å². The molecule has 0 aliphatic rings. The predicted molar refractivity (Wildman–Crippen MR) is 143 cm³/mol. The van der Waals surface area contributed by atoms with Crippen LogP contribution in [0.2, 0.25) is 0 Å². The molecule has 0 fully saturated rings. The fourth-order valence-electron chi connectivity index (χ4n) is 3.52. The molecule has 0 bridgehead atoms. The van der Waals surface area contributed by atoms with Gasteiger partial charge in [0.2, 0.25) is 17.7 Å². The average Bonchev–Trinajstić information content (AvgIpc) is 2.82. The molecule has 0 saturated heterocycles. The second-order valence-corrected chi connectivity index (χ2v) is 10.5. The number of Topliss-reactive ketones (excluding diaryl/α,β-unsaturated/α-hetero) is 1. The molecule has 36 heavy (non-hydrogen) atoms. The maximum atomic E-state index is 12.7. The zero-order valence-electron chi connectivity index (χ0n) is 22.4. The zero-order valence-corrected chi connectivity index (χ0v) is 23.2. The molecule has 0 aliphatic carbocycles. The Hall–Kier alpha value is -1.69. The van der Waals surface area contributed by atoms with Crippen molar-refractivity contribution in [1.29, 1.82) is 0 Å². The highest BCUT2D eigenvalue weighted by Crippen LogP contribution is 2.09. The third-order valence-corrected chi connectivity index (χ3v) is 6.54. The molecule has 0 radical (unpaired) electrons. The molecule has 0 saturated carbocycles. The van der Waals surface area contributed by atoms with Gasteiger partial charge in [-0.2, -0.15) is 11.8 Å². The molecule has 0 aromatic rings. The molecule has 210 valence electrons. The van der Waals surface area contributed by atoms with Gasteiger partial charge in [0.1, 0.15) is 11.8 Å².